The Balaban J connectivity index is 1.30. The molecule has 0 bridgehead atoms. The van der Waals surface area contributed by atoms with E-state index in [0.717, 1.165) is 22.4 Å². The molecule has 2 aliphatic rings. The fraction of sp³-hybridized carbons (Fsp3) is 0.538. The van der Waals surface area contributed by atoms with Gasteiger partial charge >= 0.3 is 14.2 Å². The van der Waals surface area contributed by atoms with Crippen LogP contribution in [0.15, 0.2) is 48.5 Å². The summed E-state index contributed by atoms with van der Waals surface area (Å²) in [5, 5.41) is 0. The van der Waals surface area contributed by atoms with Crippen LogP contribution in [0, 0.1) is 0 Å². The van der Waals surface area contributed by atoms with E-state index >= 15 is 0 Å². The maximum atomic E-state index is 6.14. The van der Waals surface area contributed by atoms with Crippen LogP contribution in [0.3, 0.4) is 0 Å². The van der Waals surface area contributed by atoms with Crippen LogP contribution in [0.25, 0.3) is 0 Å². The predicted molar refractivity (Wildman–Crippen MR) is 135 cm³/mol. The fourth-order valence-corrected chi connectivity index (χ4v) is 3.78. The maximum absolute atomic E-state index is 6.14. The second-order valence-electron chi connectivity index (χ2n) is 11.0. The number of ether oxygens (including phenoxy) is 2. The summed E-state index contributed by atoms with van der Waals surface area (Å²) in [6, 6.07) is 15.7. The lowest BCUT2D eigenvalue weighted by atomic mass is 9.79. The first-order valence-electron chi connectivity index (χ1n) is 12.0. The van der Waals surface area contributed by atoms with Crippen molar-refractivity contribution in [2.75, 3.05) is 13.2 Å². The van der Waals surface area contributed by atoms with Crippen LogP contribution in [0.4, 0.5) is 0 Å². The average molecular weight is 466 g/mol. The fourth-order valence-electron chi connectivity index (χ4n) is 3.78. The summed E-state index contributed by atoms with van der Waals surface area (Å²) in [7, 11) is -0.829. The van der Waals surface area contributed by atoms with E-state index in [9.17, 15) is 0 Å². The van der Waals surface area contributed by atoms with Gasteiger partial charge in [0.15, 0.2) is 0 Å². The molecular formula is C26H36B2O6. The lowest BCUT2D eigenvalue weighted by molar-refractivity contribution is 0.00578. The monoisotopic (exact) mass is 466 g/mol. The Morgan fingerprint density at radius 1 is 0.559 bits per heavy atom. The van der Waals surface area contributed by atoms with Crippen LogP contribution in [-0.4, -0.2) is 49.9 Å². The third-order valence-corrected chi connectivity index (χ3v) is 7.39. The van der Waals surface area contributed by atoms with Crippen molar-refractivity contribution in [1.29, 1.82) is 0 Å². The molecule has 0 atom stereocenters. The van der Waals surface area contributed by atoms with Gasteiger partial charge in [0.1, 0.15) is 24.7 Å². The minimum absolute atomic E-state index is 0.378. The van der Waals surface area contributed by atoms with Gasteiger partial charge in [0.25, 0.3) is 0 Å². The van der Waals surface area contributed by atoms with Crippen LogP contribution in [0.5, 0.6) is 11.5 Å². The third-order valence-electron chi connectivity index (χ3n) is 7.39. The first kappa shape index (κ1) is 25.1. The van der Waals surface area contributed by atoms with Crippen molar-refractivity contribution in [2.45, 2.75) is 77.8 Å². The summed E-state index contributed by atoms with van der Waals surface area (Å²) in [6.45, 7) is 17.2. The minimum atomic E-state index is -0.414. The van der Waals surface area contributed by atoms with Crippen molar-refractivity contribution in [3.8, 4) is 11.5 Å². The largest absolute Gasteiger partial charge is 0.494 e. The van der Waals surface area contributed by atoms with E-state index in [2.05, 4.69) is 0 Å². The number of rotatable bonds is 7. The van der Waals surface area contributed by atoms with Gasteiger partial charge in [-0.25, -0.2) is 0 Å². The first-order chi connectivity index (χ1) is 15.8. The molecule has 2 aromatic carbocycles. The van der Waals surface area contributed by atoms with E-state index < -0.39 is 14.2 Å². The van der Waals surface area contributed by atoms with Crippen LogP contribution >= 0.6 is 0 Å². The second-order valence-corrected chi connectivity index (χ2v) is 11.0. The van der Waals surface area contributed by atoms with Crippen LogP contribution in [0.1, 0.15) is 55.4 Å². The molecule has 2 fully saturated rings. The number of hydrogen-bond acceptors (Lipinski definition) is 6. The smallest absolute Gasteiger partial charge is 0.490 e. The van der Waals surface area contributed by atoms with Gasteiger partial charge < -0.3 is 28.1 Å². The molecule has 2 aromatic rings. The minimum Gasteiger partial charge on any atom is -0.490 e. The molecule has 0 N–H and O–H groups in total. The molecule has 2 heterocycles. The van der Waals surface area contributed by atoms with Gasteiger partial charge in [0.05, 0.1) is 22.4 Å². The Labute approximate surface area is 204 Å². The molecule has 0 radical (unpaired) electrons. The normalized spacial score (nSPS) is 22.1. The van der Waals surface area contributed by atoms with Crippen LogP contribution < -0.4 is 20.4 Å². The molecule has 0 saturated carbocycles. The molecule has 4 rings (SSSR count). The SMILES string of the molecule is CC1(C)OB(c2cccc(OCCOc3cccc(B4OC(C)(C)C(C)(C)O4)c3)c2)OC1(C)C. The van der Waals surface area contributed by atoms with E-state index in [0.29, 0.717) is 13.2 Å². The highest BCUT2D eigenvalue weighted by atomic mass is 16.7. The predicted octanol–water partition coefficient (Wildman–Crippen LogP) is 3.74. The Morgan fingerprint density at radius 3 is 1.21 bits per heavy atom. The molecular weight excluding hydrogens is 430 g/mol. The molecule has 182 valence electrons. The second kappa shape index (κ2) is 8.90. The Hall–Kier alpha value is -1.99. The highest BCUT2D eigenvalue weighted by Gasteiger charge is 2.52. The standard InChI is InChI=1S/C26H36B2O6/c1-23(2)24(3,4)32-27(31-23)19-11-9-13-21(17-19)29-15-16-30-22-14-10-12-20(18-22)28-33-25(5,6)26(7,8)34-28/h9-14,17-18H,15-16H2,1-8H3. The molecule has 2 saturated heterocycles. The average Bonchev–Trinajstić information content (AvgIpc) is 3.11. The molecule has 2 aliphatic heterocycles. The van der Waals surface area contributed by atoms with E-state index in [4.69, 9.17) is 28.1 Å². The molecule has 0 unspecified atom stereocenters. The lowest BCUT2D eigenvalue weighted by Gasteiger charge is -2.32. The first-order valence-corrected chi connectivity index (χ1v) is 12.0. The summed E-state index contributed by atoms with van der Waals surface area (Å²) < 4.78 is 36.4. The van der Waals surface area contributed by atoms with Crippen molar-refractivity contribution in [3.63, 3.8) is 0 Å². The molecule has 0 spiro atoms. The number of hydrogen-bond donors (Lipinski definition) is 0. The molecule has 0 aliphatic carbocycles. The van der Waals surface area contributed by atoms with E-state index in [1.807, 2.05) is 104 Å². The highest BCUT2D eigenvalue weighted by molar-refractivity contribution is 6.62. The zero-order chi connectivity index (χ0) is 24.8. The highest BCUT2D eigenvalue weighted by Crippen LogP contribution is 2.37. The summed E-state index contributed by atoms with van der Waals surface area (Å²) in [6.07, 6.45) is 0. The van der Waals surface area contributed by atoms with Crippen LogP contribution in [0.2, 0.25) is 0 Å². The van der Waals surface area contributed by atoms with Crippen molar-refractivity contribution in [3.05, 3.63) is 48.5 Å². The summed E-state index contributed by atoms with van der Waals surface area (Å²) in [4.78, 5) is 0. The zero-order valence-electron chi connectivity index (χ0n) is 21.6. The van der Waals surface area contributed by atoms with Crippen molar-refractivity contribution >= 4 is 25.2 Å². The van der Waals surface area contributed by atoms with E-state index in [1.165, 1.54) is 0 Å². The third kappa shape index (κ3) is 5.01. The van der Waals surface area contributed by atoms with Gasteiger partial charge in [-0.2, -0.15) is 0 Å². The maximum Gasteiger partial charge on any atom is 0.494 e. The van der Waals surface area contributed by atoms with Gasteiger partial charge in [0.2, 0.25) is 0 Å². The summed E-state index contributed by atoms with van der Waals surface area (Å²) in [5.41, 5.74) is 0.362. The Kier molecular flexibility index (Phi) is 6.58. The lowest BCUT2D eigenvalue weighted by Crippen LogP contribution is -2.41. The molecule has 8 heteroatoms. The molecule has 0 amide bonds. The van der Waals surface area contributed by atoms with Gasteiger partial charge in [-0.05, 0) is 90.6 Å². The molecule has 0 aromatic heterocycles. The van der Waals surface area contributed by atoms with Crippen molar-refractivity contribution in [1.82, 2.24) is 0 Å². The van der Waals surface area contributed by atoms with Crippen molar-refractivity contribution < 1.29 is 28.1 Å². The van der Waals surface area contributed by atoms with Gasteiger partial charge in [-0.15, -0.1) is 0 Å². The Morgan fingerprint density at radius 2 is 0.882 bits per heavy atom. The topological polar surface area (TPSA) is 55.4 Å². The molecule has 34 heavy (non-hydrogen) atoms. The van der Waals surface area contributed by atoms with E-state index in [1.54, 1.807) is 0 Å². The zero-order valence-corrected chi connectivity index (χ0v) is 21.6. The van der Waals surface area contributed by atoms with Gasteiger partial charge in [-0.3, -0.25) is 0 Å². The van der Waals surface area contributed by atoms with E-state index in [-0.39, 0.29) is 22.4 Å². The Bertz CT molecular complexity index is 906. The summed E-state index contributed by atoms with van der Waals surface area (Å²) in [5.74, 6) is 1.50. The quantitative estimate of drug-likeness (QED) is 0.458. The summed E-state index contributed by atoms with van der Waals surface area (Å²) >= 11 is 0. The molecule has 6 nitrogen and oxygen atoms in total. The van der Waals surface area contributed by atoms with Gasteiger partial charge in [0, 0.05) is 0 Å². The van der Waals surface area contributed by atoms with Crippen LogP contribution in [-0.2, 0) is 18.6 Å². The number of benzene rings is 2. The van der Waals surface area contributed by atoms with Crippen molar-refractivity contribution in [2.24, 2.45) is 0 Å². The van der Waals surface area contributed by atoms with Gasteiger partial charge in [-0.1, -0.05) is 24.3 Å².